The molecule has 1 aromatic carbocycles. The van der Waals surface area contributed by atoms with Crippen LogP contribution in [0.3, 0.4) is 0 Å². The number of benzene rings is 1. The van der Waals surface area contributed by atoms with Crippen LogP contribution in [-0.2, 0) is 6.54 Å². The lowest BCUT2D eigenvalue weighted by Crippen LogP contribution is -2.03. The zero-order valence-electron chi connectivity index (χ0n) is 12.3. The number of nitrogens with two attached hydrogens (primary N) is 1. The van der Waals surface area contributed by atoms with Gasteiger partial charge in [0.2, 0.25) is 5.88 Å². The third kappa shape index (κ3) is 2.75. The molecule has 1 aromatic heterocycles. The number of anilines is 1. The second-order valence-corrected chi connectivity index (χ2v) is 5.38. The van der Waals surface area contributed by atoms with E-state index in [0.717, 1.165) is 40.6 Å². The smallest absolute Gasteiger partial charge is 0.241 e. The van der Waals surface area contributed by atoms with Crippen LogP contribution >= 0.6 is 11.6 Å². The zero-order valence-corrected chi connectivity index (χ0v) is 13.1. The molecule has 5 heteroatoms. The highest BCUT2D eigenvalue weighted by Crippen LogP contribution is 2.33. The molecule has 108 valence electrons. The Hall–Kier alpha value is -1.68. The van der Waals surface area contributed by atoms with Crippen LogP contribution < -0.4 is 10.5 Å². The van der Waals surface area contributed by atoms with E-state index in [1.54, 1.807) is 0 Å². The lowest BCUT2D eigenvalue weighted by Gasteiger charge is -2.11. The van der Waals surface area contributed by atoms with E-state index in [1.165, 1.54) is 0 Å². The first-order chi connectivity index (χ1) is 9.43. The van der Waals surface area contributed by atoms with Gasteiger partial charge in [-0.1, -0.05) is 18.5 Å². The van der Waals surface area contributed by atoms with E-state index in [9.17, 15) is 0 Å². The number of ether oxygens (including phenoxy) is 1. The maximum absolute atomic E-state index is 6.17. The van der Waals surface area contributed by atoms with Gasteiger partial charge in [0.1, 0.15) is 11.4 Å². The molecule has 4 nitrogen and oxygen atoms in total. The molecule has 0 aliphatic rings. The third-order valence-electron chi connectivity index (χ3n) is 3.19. The average Bonchev–Trinajstić information content (AvgIpc) is 2.64. The largest absolute Gasteiger partial charge is 0.437 e. The molecule has 0 amide bonds. The second-order valence-electron chi connectivity index (χ2n) is 5.00. The summed E-state index contributed by atoms with van der Waals surface area (Å²) in [6.07, 6.45) is 0.968. The SMILES string of the molecule is CCCn1nc(C)c(N)c1Oc1cc(C)c(Cl)c(C)c1. The maximum Gasteiger partial charge on any atom is 0.241 e. The van der Waals surface area contributed by atoms with Gasteiger partial charge in [-0.2, -0.15) is 5.10 Å². The summed E-state index contributed by atoms with van der Waals surface area (Å²) in [6, 6.07) is 3.82. The molecule has 0 spiro atoms. The van der Waals surface area contributed by atoms with Crippen LogP contribution in [0.15, 0.2) is 12.1 Å². The van der Waals surface area contributed by atoms with Crippen molar-refractivity contribution in [3.8, 4) is 11.6 Å². The quantitative estimate of drug-likeness (QED) is 0.917. The summed E-state index contributed by atoms with van der Waals surface area (Å²) in [5.41, 5.74) is 9.40. The topological polar surface area (TPSA) is 53.1 Å². The van der Waals surface area contributed by atoms with Crippen molar-refractivity contribution in [3.63, 3.8) is 0 Å². The Morgan fingerprint density at radius 3 is 2.40 bits per heavy atom. The third-order valence-corrected chi connectivity index (χ3v) is 3.78. The summed E-state index contributed by atoms with van der Waals surface area (Å²) >= 11 is 6.17. The Bertz CT molecular complexity index is 611. The molecular formula is C15H20ClN3O. The highest BCUT2D eigenvalue weighted by atomic mass is 35.5. The van der Waals surface area contributed by atoms with Crippen molar-refractivity contribution in [3.05, 3.63) is 34.0 Å². The lowest BCUT2D eigenvalue weighted by molar-refractivity contribution is 0.410. The lowest BCUT2D eigenvalue weighted by atomic mass is 10.1. The molecule has 20 heavy (non-hydrogen) atoms. The van der Waals surface area contributed by atoms with E-state index in [4.69, 9.17) is 22.1 Å². The van der Waals surface area contributed by atoms with Gasteiger partial charge in [-0.25, -0.2) is 4.68 Å². The van der Waals surface area contributed by atoms with E-state index in [2.05, 4.69) is 12.0 Å². The van der Waals surface area contributed by atoms with Gasteiger partial charge in [-0.3, -0.25) is 0 Å². The summed E-state index contributed by atoms with van der Waals surface area (Å²) in [5.74, 6) is 1.33. The molecule has 0 bridgehead atoms. The van der Waals surface area contributed by atoms with Gasteiger partial charge in [0.25, 0.3) is 0 Å². The Labute approximate surface area is 124 Å². The minimum absolute atomic E-state index is 0.587. The number of nitrogens with zero attached hydrogens (tertiary/aromatic N) is 2. The minimum atomic E-state index is 0.587. The van der Waals surface area contributed by atoms with Crippen LogP contribution in [0.2, 0.25) is 5.02 Å². The molecule has 2 aromatic rings. The van der Waals surface area contributed by atoms with Gasteiger partial charge in [0, 0.05) is 11.6 Å². The Morgan fingerprint density at radius 2 is 1.85 bits per heavy atom. The fourth-order valence-electron chi connectivity index (χ4n) is 2.12. The number of rotatable bonds is 4. The van der Waals surface area contributed by atoms with Crippen LogP contribution in [0.5, 0.6) is 11.6 Å². The number of nitrogen functional groups attached to an aromatic ring is 1. The fourth-order valence-corrected chi connectivity index (χ4v) is 2.23. The van der Waals surface area contributed by atoms with Crippen molar-refractivity contribution in [2.24, 2.45) is 0 Å². The van der Waals surface area contributed by atoms with E-state index >= 15 is 0 Å². The molecule has 0 aliphatic carbocycles. The average molecular weight is 294 g/mol. The Morgan fingerprint density at radius 1 is 1.25 bits per heavy atom. The predicted molar refractivity (Wildman–Crippen MR) is 82.7 cm³/mol. The summed E-state index contributed by atoms with van der Waals surface area (Å²) < 4.78 is 7.76. The number of hydrogen-bond donors (Lipinski definition) is 1. The standard InChI is InChI=1S/C15H20ClN3O/c1-5-6-19-15(14(17)11(4)18-19)20-12-7-9(2)13(16)10(3)8-12/h7-8H,5-6,17H2,1-4H3. The van der Waals surface area contributed by atoms with Gasteiger partial charge in [0.05, 0.1) is 5.69 Å². The number of halogens is 1. The van der Waals surface area contributed by atoms with E-state index < -0.39 is 0 Å². The first kappa shape index (κ1) is 14.7. The molecule has 0 saturated carbocycles. The summed E-state index contributed by atoms with van der Waals surface area (Å²) in [4.78, 5) is 0. The van der Waals surface area contributed by atoms with Crippen molar-refractivity contribution >= 4 is 17.3 Å². The van der Waals surface area contributed by atoms with Gasteiger partial charge in [-0.15, -0.1) is 0 Å². The van der Waals surface area contributed by atoms with Crippen LogP contribution in [0, 0.1) is 20.8 Å². The summed E-state index contributed by atoms with van der Waals surface area (Å²) in [6.45, 7) is 8.67. The predicted octanol–water partition coefficient (Wildman–Crippen LogP) is 4.25. The first-order valence-corrected chi connectivity index (χ1v) is 7.09. The van der Waals surface area contributed by atoms with Crippen LogP contribution in [0.4, 0.5) is 5.69 Å². The number of aromatic nitrogens is 2. The summed E-state index contributed by atoms with van der Waals surface area (Å²) in [5, 5.41) is 5.17. The van der Waals surface area contributed by atoms with Gasteiger partial charge in [-0.05, 0) is 50.5 Å². The second kappa shape index (κ2) is 5.75. The highest BCUT2D eigenvalue weighted by Gasteiger charge is 2.15. The molecule has 0 fully saturated rings. The van der Waals surface area contributed by atoms with Crippen LogP contribution in [0.1, 0.15) is 30.2 Å². The van der Waals surface area contributed by atoms with Gasteiger partial charge < -0.3 is 10.5 Å². The Balaban J connectivity index is 2.39. The van der Waals surface area contributed by atoms with E-state index in [0.29, 0.717) is 11.6 Å². The molecule has 2 N–H and O–H groups in total. The van der Waals surface area contributed by atoms with Crippen molar-refractivity contribution < 1.29 is 4.74 Å². The minimum Gasteiger partial charge on any atom is -0.437 e. The first-order valence-electron chi connectivity index (χ1n) is 6.71. The van der Waals surface area contributed by atoms with Crippen molar-refractivity contribution in [1.29, 1.82) is 0 Å². The molecule has 0 unspecified atom stereocenters. The van der Waals surface area contributed by atoms with Crippen molar-refractivity contribution in [2.75, 3.05) is 5.73 Å². The molecule has 1 heterocycles. The Kier molecular flexibility index (Phi) is 4.23. The monoisotopic (exact) mass is 293 g/mol. The van der Waals surface area contributed by atoms with Crippen LogP contribution in [0.25, 0.3) is 0 Å². The van der Waals surface area contributed by atoms with Crippen LogP contribution in [-0.4, -0.2) is 9.78 Å². The normalized spacial score (nSPS) is 10.8. The number of aryl methyl sites for hydroxylation is 4. The van der Waals surface area contributed by atoms with Gasteiger partial charge in [0.15, 0.2) is 0 Å². The molecule has 0 aliphatic heterocycles. The fraction of sp³-hybridized carbons (Fsp3) is 0.400. The number of hydrogen-bond acceptors (Lipinski definition) is 3. The molecule has 0 saturated heterocycles. The van der Waals surface area contributed by atoms with Crippen molar-refractivity contribution in [2.45, 2.75) is 40.7 Å². The van der Waals surface area contributed by atoms with E-state index in [-0.39, 0.29) is 0 Å². The van der Waals surface area contributed by atoms with E-state index in [1.807, 2.05) is 37.6 Å². The molecule has 0 radical (unpaired) electrons. The van der Waals surface area contributed by atoms with Gasteiger partial charge >= 0.3 is 0 Å². The molecule has 0 atom stereocenters. The maximum atomic E-state index is 6.17. The summed E-state index contributed by atoms with van der Waals surface area (Å²) in [7, 11) is 0. The highest BCUT2D eigenvalue weighted by molar-refractivity contribution is 6.32. The molecule has 2 rings (SSSR count). The van der Waals surface area contributed by atoms with Crippen molar-refractivity contribution in [1.82, 2.24) is 9.78 Å². The molecular weight excluding hydrogens is 274 g/mol. The zero-order chi connectivity index (χ0) is 14.9.